The first-order valence-electron chi connectivity index (χ1n) is 7.55. The van der Waals surface area contributed by atoms with E-state index in [-0.39, 0.29) is 18.9 Å². The van der Waals surface area contributed by atoms with Crippen LogP contribution in [0.1, 0.15) is 12.0 Å². The van der Waals surface area contributed by atoms with Crippen LogP contribution in [-0.4, -0.2) is 43.2 Å². The minimum atomic E-state index is -1.37. The van der Waals surface area contributed by atoms with Gasteiger partial charge in [0.05, 0.1) is 13.2 Å². The van der Waals surface area contributed by atoms with E-state index in [0.717, 1.165) is 11.3 Å². The van der Waals surface area contributed by atoms with E-state index in [1.165, 1.54) is 7.05 Å². The Bertz CT molecular complexity index is 678. The number of amides is 2. The first-order valence-corrected chi connectivity index (χ1v) is 7.55. The highest BCUT2D eigenvalue weighted by Crippen LogP contribution is 2.24. The molecule has 1 aliphatic heterocycles. The molecule has 1 saturated heterocycles. The summed E-state index contributed by atoms with van der Waals surface area (Å²) in [5, 5.41) is 11.3. The number of carbonyl (C=O) groups excluding carboxylic acids is 3. The van der Waals surface area contributed by atoms with Crippen molar-refractivity contribution in [1.82, 2.24) is 10.2 Å². The molecule has 24 heavy (non-hydrogen) atoms. The molecule has 0 unspecified atom stereocenters. The number of benzene rings is 1. The average molecular weight is 329 g/mol. The Labute approximate surface area is 140 Å². The van der Waals surface area contributed by atoms with Gasteiger partial charge in [0.2, 0.25) is 11.8 Å². The molecule has 126 valence electrons. The van der Waals surface area contributed by atoms with Gasteiger partial charge in [-0.2, -0.15) is 5.26 Å². The topological polar surface area (TPSA) is 99.5 Å². The lowest BCUT2D eigenvalue weighted by Gasteiger charge is -2.17. The number of Topliss-reactive ketones (excluding diaryl/α,β-unsaturated/α-hetero) is 1. The number of nitrogens with zero attached hydrogens (tertiary/aromatic N) is 2. The quantitative estimate of drug-likeness (QED) is 0.766. The first-order chi connectivity index (χ1) is 11.5. The molecule has 0 aliphatic carbocycles. The number of rotatable bonds is 6. The summed E-state index contributed by atoms with van der Waals surface area (Å²) in [6, 6.07) is 9.02. The van der Waals surface area contributed by atoms with Gasteiger partial charge in [0.15, 0.2) is 11.7 Å². The van der Waals surface area contributed by atoms with E-state index in [0.29, 0.717) is 6.54 Å². The van der Waals surface area contributed by atoms with Crippen molar-refractivity contribution in [2.24, 2.45) is 11.8 Å². The van der Waals surface area contributed by atoms with Crippen LogP contribution in [-0.2, 0) is 20.9 Å². The van der Waals surface area contributed by atoms with Crippen LogP contribution in [0.2, 0.25) is 0 Å². The zero-order valence-electron chi connectivity index (χ0n) is 13.6. The Hall–Kier alpha value is -2.88. The van der Waals surface area contributed by atoms with E-state index in [9.17, 15) is 14.4 Å². The smallest absolute Gasteiger partial charge is 0.244 e. The summed E-state index contributed by atoms with van der Waals surface area (Å²) < 4.78 is 5.09. The van der Waals surface area contributed by atoms with Crippen molar-refractivity contribution in [3.8, 4) is 11.8 Å². The molecule has 0 aromatic heterocycles. The summed E-state index contributed by atoms with van der Waals surface area (Å²) in [5.41, 5.74) is 0.917. The minimum absolute atomic E-state index is 0.0319. The van der Waals surface area contributed by atoms with Crippen LogP contribution < -0.4 is 10.1 Å². The van der Waals surface area contributed by atoms with E-state index < -0.39 is 23.5 Å². The fourth-order valence-corrected chi connectivity index (χ4v) is 2.70. The van der Waals surface area contributed by atoms with Crippen molar-refractivity contribution < 1.29 is 19.1 Å². The standard InChI is InChI=1S/C17H19N3O4/c1-19-17(23)14(8-18)16(22)12-7-15(21)20(10-12)9-11-3-5-13(24-2)6-4-11/h3-6,12,14H,7,9-10H2,1-2H3,(H,19,23)/t12-,14-/m1/s1. The highest BCUT2D eigenvalue weighted by Gasteiger charge is 2.39. The van der Waals surface area contributed by atoms with Gasteiger partial charge in [-0.25, -0.2) is 0 Å². The zero-order chi connectivity index (χ0) is 17.7. The van der Waals surface area contributed by atoms with Gasteiger partial charge in [-0.05, 0) is 17.7 Å². The van der Waals surface area contributed by atoms with Gasteiger partial charge in [0, 0.05) is 32.5 Å². The molecular formula is C17H19N3O4. The fourth-order valence-electron chi connectivity index (χ4n) is 2.70. The number of likely N-dealkylation sites (tertiary alicyclic amines) is 1. The summed E-state index contributed by atoms with van der Waals surface area (Å²) in [7, 11) is 2.95. The van der Waals surface area contributed by atoms with Gasteiger partial charge in [0.1, 0.15) is 5.75 Å². The molecule has 1 N–H and O–H groups in total. The maximum Gasteiger partial charge on any atom is 0.244 e. The highest BCUT2D eigenvalue weighted by molar-refractivity contribution is 6.06. The van der Waals surface area contributed by atoms with Crippen molar-refractivity contribution in [3.63, 3.8) is 0 Å². The number of nitrogens with one attached hydrogen (secondary N) is 1. The van der Waals surface area contributed by atoms with Crippen LogP contribution in [0.4, 0.5) is 0 Å². The van der Waals surface area contributed by atoms with E-state index >= 15 is 0 Å². The first kappa shape index (κ1) is 17.5. The Kier molecular flexibility index (Phi) is 5.53. The molecule has 1 fully saturated rings. The van der Waals surface area contributed by atoms with Crippen LogP contribution in [0.25, 0.3) is 0 Å². The number of carbonyl (C=O) groups is 3. The number of ether oxygens (including phenoxy) is 1. The van der Waals surface area contributed by atoms with E-state index in [2.05, 4.69) is 5.32 Å². The summed E-state index contributed by atoms with van der Waals surface area (Å²) in [6.07, 6.45) is 0.0319. The molecule has 1 aliphatic rings. The lowest BCUT2D eigenvalue weighted by atomic mass is 9.92. The Morgan fingerprint density at radius 2 is 2.08 bits per heavy atom. The molecule has 1 aromatic carbocycles. The molecule has 2 amide bonds. The number of hydrogen-bond acceptors (Lipinski definition) is 5. The molecule has 2 rings (SSSR count). The second kappa shape index (κ2) is 7.59. The zero-order valence-corrected chi connectivity index (χ0v) is 13.6. The van der Waals surface area contributed by atoms with Crippen LogP contribution in [0.3, 0.4) is 0 Å². The van der Waals surface area contributed by atoms with Gasteiger partial charge < -0.3 is 15.0 Å². The lowest BCUT2D eigenvalue weighted by molar-refractivity contribution is -0.134. The Morgan fingerprint density at radius 1 is 1.42 bits per heavy atom. The monoisotopic (exact) mass is 329 g/mol. The Balaban J connectivity index is 2.03. The largest absolute Gasteiger partial charge is 0.497 e. The van der Waals surface area contributed by atoms with Gasteiger partial charge in [-0.1, -0.05) is 12.1 Å². The average Bonchev–Trinajstić information content (AvgIpc) is 2.96. The van der Waals surface area contributed by atoms with Crippen LogP contribution >= 0.6 is 0 Å². The molecule has 0 bridgehead atoms. The van der Waals surface area contributed by atoms with E-state index in [4.69, 9.17) is 10.00 Å². The third-order valence-electron chi connectivity index (χ3n) is 4.07. The van der Waals surface area contributed by atoms with Crippen molar-refractivity contribution >= 4 is 17.6 Å². The number of methoxy groups -OCH3 is 1. The second-order valence-electron chi connectivity index (χ2n) is 5.60. The minimum Gasteiger partial charge on any atom is -0.497 e. The normalized spacial score (nSPS) is 18.0. The van der Waals surface area contributed by atoms with Crippen LogP contribution in [0.15, 0.2) is 24.3 Å². The number of nitriles is 1. The van der Waals surface area contributed by atoms with Crippen molar-refractivity contribution in [2.75, 3.05) is 20.7 Å². The van der Waals surface area contributed by atoms with E-state index in [1.54, 1.807) is 30.2 Å². The number of hydrogen-bond donors (Lipinski definition) is 1. The summed E-state index contributed by atoms with van der Waals surface area (Å²) in [6.45, 7) is 0.600. The van der Waals surface area contributed by atoms with Crippen LogP contribution in [0.5, 0.6) is 5.75 Å². The molecule has 7 heteroatoms. The maximum absolute atomic E-state index is 12.3. The summed E-state index contributed by atoms with van der Waals surface area (Å²) in [4.78, 5) is 37.6. The van der Waals surface area contributed by atoms with E-state index in [1.807, 2.05) is 12.1 Å². The predicted octanol–water partition coefficient (Wildman–Crippen LogP) is 0.499. The third kappa shape index (κ3) is 3.71. The van der Waals surface area contributed by atoms with Crippen molar-refractivity contribution in [2.45, 2.75) is 13.0 Å². The van der Waals surface area contributed by atoms with Crippen molar-refractivity contribution in [3.05, 3.63) is 29.8 Å². The molecule has 7 nitrogen and oxygen atoms in total. The predicted molar refractivity (Wildman–Crippen MR) is 84.7 cm³/mol. The molecule has 1 aromatic rings. The summed E-state index contributed by atoms with van der Waals surface area (Å²) in [5.74, 6) is -2.56. The highest BCUT2D eigenvalue weighted by atomic mass is 16.5. The number of ketones is 1. The molecule has 1 heterocycles. The second-order valence-corrected chi connectivity index (χ2v) is 5.60. The van der Waals surface area contributed by atoms with Gasteiger partial charge in [-0.3, -0.25) is 14.4 Å². The third-order valence-corrected chi connectivity index (χ3v) is 4.07. The molecule has 0 spiro atoms. The van der Waals surface area contributed by atoms with Gasteiger partial charge in [0.25, 0.3) is 0 Å². The maximum atomic E-state index is 12.3. The molecule has 0 radical (unpaired) electrons. The SMILES string of the molecule is CNC(=O)[C@H](C#N)C(=O)[C@@H]1CC(=O)N(Cc2ccc(OC)cc2)C1. The molecule has 0 saturated carbocycles. The van der Waals surface area contributed by atoms with Crippen LogP contribution in [0, 0.1) is 23.2 Å². The van der Waals surface area contributed by atoms with Gasteiger partial charge in [-0.15, -0.1) is 0 Å². The van der Waals surface area contributed by atoms with Gasteiger partial charge >= 0.3 is 0 Å². The lowest BCUT2D eigenvalue weighted by Crippen LogP contribution is -2.36. The molecular weight excluding hydrogens is 310 g/mol. The fraction of sp³-hybridized carbons (Fsp3) is 0.412. The van der Waals surface area contributed by atoms with Crippen molar-refractivity contribution in [1.29, 1.82) is 5.26 Å². The molecule has 2 atom stereocenters. The summed E-state index contributed by atoms with van der Waals surface area (Å²) >= 11 is 0. The Morgan fingerprint density at radius 3 is 2.62 bits per heavy atom.